The molecule has 0 aromatic heterocycles. The molecule has 1 aliphatic carbocycles. The van der Waals surface area contributed by atoms with Crippen molar-refractivity contribution in [2.24, 2.45) is 5.92 Å². The topological polar surface area (TPSA) is 71.4 Å². The number of carboxylic acids is 1. The molecular formula is C7H6O4. The Hall–Kier alpha value is -1.45. The van der Waals surface area contributed by atoms with Gasteiger partial charge in [0.2, 0.25) is 0 Å². The molecule has 0 aromatic rings. The fraction of sp³-hybridized carbons (Fsp3) is 0.286. The maximum atomic E-state index is 10.8. The quantitative estimate of drug-likeness (QED) is 0.530. The van der Waals surface area contributed by atoms with Crippen LogP contribution in [0.15, 0.2) is 12.2 Å². The number of aliphatic carboxylic acids is 1. The molecular weight excluding hydrogens is 148 g/mol. The number of rotatable bonds is 1. The molecule has 11 heavy (non-hydrogen) atoms. The Morgan fingerprint density at radius 1 is 1.45 bits per heavy atom. The Labute approximate surface area is 62.5 Å². The Morgan fingerprint density at radius 3 is 2.55 bits per heavy atom. The van der Waals surface area contributed by atoms with Gasteiger partial charge in [-0.25, -0.2) is 0 Å². The van der Waals surface area contributed by atoms with Gasteiger partial charge in [-0.05, 0) is 12.2 Å². The number of carbonyl (C=O) groups is 3. The Balaban J connectivity index is 2.84. The molecule has 0 fully saturated rings. The molecule has 0 radical (unpaired) electrons. The standard InChI is InChI=1S/C7H6O4/c8-4-1-2-6(9)5(3-4)7(10)11/h1-2,5H,3H2,(H,10,11). The molecule has 1 N–H and O–H groups in total. The van der Waals surface area contributed by atoms with Crippen molar-refractivity contribution in [1.82, 2.24) is 0 Å². The van der Waals surface area contributed by atoms with Gasteiger partial charge in [-0.2, -0.15) is 0 Å². The highest BCUT2D eigenvalue weighted by atomic mass is 16.4. The molecule has 0 saturated heterocycles. The molecule has 0 aliphatic heterocycles. The minimum absolute atomic E-state index is 0.204. The summed E-state index contributed by atoms with van der Waals surface area (Å²) in [5.41, 5.74) is 0. The lowest BCUT2D eigenvalue weighted by atomic mass is 9.93. The molecule has 0 heterocycles. The van der Waals surface area contributed by atoms with E-state index in [2.05, 4.69) is 0 Å². The van der Waals surface area contributed by atoms with E-state index >= 15 is 0 Å². The van der Waals surface area contributed by atoms with Crippen LogP contribution in [0.25, 0.3) is 0 Å². The van der Waals surface area contributed by atoms with Crippen molar-refractivity contribution in [3.8, 4) is 0 Å². The monoisotopic (exact) mass is 154 g/mol. The summed E-state index contributed by atoms with van der Waals surface area (Å²) in [5, 5.41) is 8.42. The van der Waals surface area contributed by atoms with Gasteiger partial charge in [0.05, 0.1) is 0 Å². The molecule has 1 atom stereocenters. The number of allylic oxidation sites excluding steroid dienone is 2. The van der Waals surface area contributed by atoms with E-state index in [-0.39, 0.29) is 12.2 Å². The van der Waals surface area contributed by atoms with E-state index in [1.165, 1.54) is 0 Å². The van der Waals surface area contributed by atoms with Crippen LogP contribution < -0.4 is 0 Å². The van der Waals surface area contributed by atoms with Gasteiger partial charge >= 0.3 is 5.97 Å². The lowest BCUT2D eigenvalue weighted by molar-refractivity contribution is -0.147. The predicted molar refractivity (Wildman–Crippen MR) is 34.9 cm³/mol. The van der Waals surface area contributed by atoms with Crippen molar-refractivity contribution in [3.63, 3.8) is 0 Å². The zero-order chi connectivity index (χ0) is 8.43. The SMILES string of the molecule is O=C1C=CC(=O)C(C(=O)O)C1. The third kappa shape index (κ3) is 1.52. The first-order valence-electron chi connectivity index (χ1n) is 3.09. The highest BCUT2D eigenvalue weighted by Crippen LogP contribution is 2.12. The molecule has 4 nitrogen and oxygen atoms in total. The number of hydrogen-bond donors (Lipinski definition) is 1. The normalized spacial score (nSPS) is 23.8. The van der Waals surface area contributed by atoms with E-state index < -0.39 is 17.7 Å². The van der Waals surface area contributed by atoms with Crippen molar-refractivity contribution in [1.29, 1.82) is 0 Å². The second kappa shape index (κ2) is 2.65. The van der Waals surface area contributed by atoms with Gasteiger partial charge in [-0.3, -0.25) is 14.4 Å². The van der Waals surface area contributed by atoms with E-state index in [0.717, 1.165) is 12.2 Å². The summed E-state index contributed by atoms with van der Waals surface area (Å²) >= 11 is 0. The van der Waals surface area contributed by atoms with Gasteiger partial charge in [0.15, 0.2) is 11.6 Å². The van der Waals surface area contributed by atoms with Crippen LogP contribution in [0.3, 0.4) is 0 Å². The maximum absolute atomic E-state index is 10.8. The van der Waals surface area contributed by atoms with E-state index in [4.69, 9.17) is 5.11 Å². The molecule has 0 amide bonds. The summed E-state index contributed by atoms with van der Waals surface area (Å²) in [6.45, 7) is 0. The van der Waals surface area contributed by atoms with Crippen molar-refractivity contribution >= 4 is 17.5 Å². The second-order valence-corrected chi connectivity index (χ2v) is 2.30. The van der Waals surface area contributed by atoms with Gasteiger partial charge in [0.1, 0.15) is 5.92 Å². The van der Waals surface area contributed by atoms with E-state index in [1.54, 1.807) is 0 Å². The molecule has 1 unspecified atom stereocenters. The van der Waals surface area contributed by atoms with Crippen LogP contribution in [0.1, 0.15) is 6.42 Å². The largest absolute Gasteiger partial charge is 0.481 e. The maximum Gasteiger partial charge on any atom is 0.314 e. The molecule has 0 spiro atoms. The summed E-state index contributed by atoms with van der Waals surface area (Å²) in [5.74, 6) is -3.20. The third-order valence-corrected chi connectivity index (χ3v) is 1.48. The third-order valence-electron chi connectivity index (χ3n) is 1.48. The fourth-order valence-electron chi connectivity index (χ4n) is 0.870. The second-order valence-electron chi connectivity index (χ2n) is 2.30. The lowest BCUT2D eigenvalue weighted by Gasteiger charge is -2.09. The van der Waals surface area contributed by atoms with Gasteiger partial charge in [-0.1, -0.05) is 0 Å². The Bertz CT molecular complexity index is 251. The summed E-state index contributed by atoms with van der Waals surface area (Å²) in [7, 11) is 0. The van der Waals surface area contributed by atoms with Gasteiger partial charge in [0.25, 0.3) is 0 Å². The van der Waals surface area contributed by atoms with Crippen molar-refractivity contribution in [2.75, 3.05) is 0 Å². The molecule has 1 rings (SSSR count). The van der Waals surface area contributed by atoms with Crippen LogP contribution in [0.4, 0.5) is 0 Å². The van der Waals surface area contributed by atoms with E-state index in [0.29, 0.717) is 0 Å². The highest BCUT2D eigenvalue weighted by Gasteiger charge is 2.29. The van der Waals surface area contributed by atoms with Crippen LogP contribution in [0.2, 0.25) is 0 Å². The molecule has 0 saturated carbocycles. The van der Waals surface area contributed by atoms with Crippen molar-refractivity contribution in [3.05, 3.63) is 12.2 Å². The molecule has 58 valence electrons. The van der Waals surface area contributed by atoms with Crippen LogP contribution >= 0.6 is 0 Å². The first-order valence-corrected chi connectivity index (χ1v) is 3.09. The van der Waals surface area contributed by atoms with Gasteiger partial charge in [0, 0.05) is 6.42 Å². The number of ketones is 2. The van der Waals surface area contributed by atoms with Crippen molar-refractivity contribution in [2.45, 2.75) is 6.42 Å². The zero-order valence-electron chi connectivity index (χ0n) is 5.61. The first kappa shape index (κ1) is 7.65. The molecule has 4 heteroatoms. The van der Waals surface area contributed by atoms with Crippen LogP contribution in [0.5, 0.6) is 0 Å². The average Bonchev–Trinajstić information content (AvgIpc) is 1.94. The number of hydrogen-bond acceptors (Lipinski definition) is 3. The molecule has 0 aromatic carbocycles. The minimum atomic E-state index is -1.23. The highest BCUT2D eigenvalue weighted by molar-refractivity contribution is 6.13. The fourth-order valence-corrected chi connectivity index (χ4v) is 0.870. The average molecular weight is 154 g/mol. The summed E-state index contributed by atoms with van der Waals surface area (Å²) < 4.78 is 0. The Morgan fingerprint density at radius 2 is 2.09 bits per heavy atom. The minimum Gasteiger partial charge on any atom is -0.481 e. The van der Waals surface area contributed by atoms with E-state index in [9.17, 15) is 14.4 Å². The Kier molecular flexibility index (Phi) is 1.85. The van der Waals surface area contributed by atoms with Crippen molar-refractivity contribution < 1.29 is 19.5 Å². The smallest absolute Gasteiger partial charge is 0.314 e. The zero-order valence-corrected chi connectivity index (χ0v) is 5.61. The number of carbonyl (C=O) groups excluding carboxylic acids is 2. The van der Waals surface area contributed by atoms with Crippen LogP contribution in [-0.4, -0.2) is 22.6 Å². The molecule has 0 bridgehead atoms. The summed E-state index contributed by atoms with van der Waals surface area (Å²) in [6.07, 6.45) is 1.93. The molecule has 1 aliphatic rings. The summed E-state index contributed by atoms with van der Waals surface area (Å²) in [4.78, 5) is 31.7. The van der Waals surface area contributed by atoms with E-state index in [1.807, 2.05) is 0 Å². The number of carboxylic acid groups (broad SMARTS) is 1. The van der Waals surface area contributed by atoms with Gasteiger partial charge < -0.3 is 5.11 Å². The van der Waals surface area contributed by atoms with Crippen LogP contribution in [0, 0.1) is 5.92 Å². The predicted octanol–water partition coefficient (Wildman–Crippen LogP) is -0.215. The summed E-state index contributed by atoms with van der Waals surface area (Å²) in [6, 6.07) is 0. The lowest BCUT2D eigenvalue weighted by Crippen LogP contribution is -2.27. The van der Waals surface area contributed by atoms with Crippen LogP contribution in [-0.2, 0) is 14.4 Å². The van der Waals surface area contributed by atoms with Gasteiger partial charge in [-0.15, -0.1) is 0 Å². The first-order chi connectivity index (χ1) is 5.11.